The predicted molar refractivity (Wildman–Crippen MR) is 125 cm³/mol. The van der Waals surface area contributed by atoms with E-state index in [1.54, 1.807) is 0 Å². The number of nitrogens with zero attached hydrogens (tertiary/aromatic N) is 7. The second-order valence-electron chi connectivity index (χ2n) is 8.16. The maximum atomic E-state index is 13.2. The number of benzene rings is 1. The van der Waals surface area contributed by atoms with E-state index >= 15 is 0 Å². The lowest BCUT2D eigenvalue weighted by Crippen LogP contribution is -2.27. The van der Waals surface area contributed by atoms with Gasteiger partial charge in [0.2, 0.25) is 11.6 Å². The predicted octanol–water partition coefficient (Wildman–Crippen LogP) is 2.43. The number of hydrogen-bond donors (Lipinski definition) is 2. The zero-order chi connectivity index (χ0) is 24.0. The van der Waals surface area contributed by atoms with Crippen molar-refractivity contribution in [3.63, 3.8) is 0 Å². The molecule has 11 heteroatoms. The summed E-state index contributed by atoms with van der Waals surface area (Å²) < 4.78 is 5.90. The van der Waals surface area contributed by atoms with E-state index in [1.807, 2.05) is 32.9 Å². The monoisotopic (exact) mass is 453 g/mol. The quantitative estimate of drug-likeness (QED) is 0.352. The Labute approximate surface area is 193 Å². The van der Waals surface area contributed by atoms with Gasteiger partial charge in [-0.1, -0.05) is 57.2 Å². The van der Waals surface area contributed by atoms with Crippen molar-refractivity contribution in [3.05, 3.63) is 46.8 Å². The lowest BCUT2D eigenvalue weighted by atomic mass is 10.0. The van der Waals surface area contributed by atoms with Gasteiger partial charge in [-0.3, -0.25) is 9.69 Å². The van der Waals surface area contributed by atoms with Gasteiger partial charge in [0.15, 0.2) is 5.69 Å². The van der Waals surface area contributed by atoms with E-state index in [4.69, 9.17) is 5.73 Å². The van der Waals surface area contributed by atoms with Crippen molar-refractivity contribution in [3.8, 4) is 5.82 Å². The summed E-state index contributed by atoms with van der Waals surface area (Å²) in [5.74, 6) is 0.201. The molecule has 0 unspecified atom stereocenters. The Balaban J connectivity index is 1.85. The van der Waals surface area contributed by atoms with Crippen molar-refractivity contribution >= 4 is 17.4 Å². The fraction of sp³-hybridized carbons (Fsp3) is 0.455. The van der Waals surface area contributed by atoms with Crippen LogP contribution < -0.4 is 11.2 Å². The van der Waals surface area contributed by atoms with Crippen LogP contribution in [-0.4, -0.2) is 54.9 Å². The molecule has 0 aliphatic rings. The summed E-state index contributed by atoms with van der Waals surface area (Å²) in [6.07, 6.45) is 1.01. The van der Waals surface area contributed by atoms with Crippen LogP contribution in [0.1, 0.15) is 61.9 Å². The van der Waals surface area contributed by atoms with Crippen LogP contribution in [-0.2, 0) is 13.0 Å². The number of hydrogen-bond acceptors (Lipinski definition) is 9. The SMILES string of the molecule is CCN(CC)Cc1nnn(-c2nonc2N)c1C(=O)N/N=C(\C)c1ccc(CC(C)C)cc1. The summed E-state index contributed by atoms with van der Waals surface area (Å²) in [5, 5.41) is 19.9. The standard InChI is InChI=1S/C22H31N9O2/c1-6-30(7-2)13-18-19(31(29-25-18)21-20(23)27-33-28-21)22(32)26-24-15(5)17-10-8-16(9-11-17)12-14(3)4/h8-11,14H,6-7,12-13H2,1-5H3,(H2,23,27)(H,26,32)/b24-15+. The normalized spacial score (nSPS) is 12.0. The van der Waals surface area contributed by atoms with Gasteiger partial charge in [0, 0.05) is 6.54 Å². The number of rotatable bonds is 10. The Hall–Kier alpha value is -3.60. The number of carbonyl (C=O) groups excluding carboxylic acids is 1. The first-order chi connectivity index (χ1) is 15.8. The van der Waals surface area contributed by atoms with Crippen LogP contribution in [0.4, 0.5) is 5.82 Å². The molecular weight excluding hydrogens is 422 g/mol. The van der Waals surface area contributed by atoms with Gasteiger partial charge >= 0.3 is 0 Å². The Morgan fingerprint density at radius 2 is 1.91 bits per heavy atom. The molecule has 3 aromatic rings. The van der Waals surface area contributed by atoms with Crippen LogP contribution in [0.3, 0.4) is 0 Å². The Morgan fingerprint density at radius 1 is 1.21 bits per heavy atom. The second-order valence-corrected chi connectivity index (χ2v) is 8.16. The van der Waals surface area contributed by atoms with Gasteiger partial charge in [0.1, 0.15) is 5.69 Å². The number of nitrogens with two attached hydrogens (primary N) is 1. The van der Waals surface area contributed by atoms with Gasteiger partial charge in [-0.25, -0.2) is 10.1 Å². The molecule has 11 nitrogen and oxygen atoms in total. The van der Waals surface area contributed by atoms with Crippen LogP contribution in [0.25, 0.3) is 5.82 Å². The molecule has 0 atom stereocenters. The molecule has 1 amide bonds. The fourth-order valence-corrected chi connectivity index (χ4v) is 3.40. The molecule has 3 N–H and O–H groups in total. The molecule has 176 valence electrons. The first-order valence-corrected chi connectivity index (χ1v) is 11.0. The van der Waals surface area contributed by atoms with Gasteiger partial charge < -0.3 is 5.73 Å². The summed E-state index contributed by atoms with van der Waals surface area (Å²) in [4.78, 5) is 15.3. The molecule has 0 radical (unpaired) electrons. The summed E-state index contributed by atoms with van der Waals surface area (Å²) >= 11 is 0. The van der Waals surface area contributed by atoms with E-state index < -0.39 is 5.91 Å². The number of aromatic nitrogens is 5. The highest BCUT2D eigenvalue weighted by Gasteiger charge is 2.25. The van der Waals surface area contributed by atoms with Crippen LogP contribution in [0.2, 0.25) is 0 Å². The Bertz CT molecular complexity index is 1100. The van der Waals surface area contributed by atoms with Crippen molar-refractivity contribution in [1.82, 2.24) is 35.6 Å². The molecule has 0 aliphatic carbocycles. The summed E-state index contributed by atoms with van der Waals surface area (Å²) in [6.45, 7) is 12.3. The molecule has 0 saturated heterocycles. The topological polar surface area (TPSA) is 140 Å². The third kappa shape index (κ3) is 5.80. The minimum atomic E-state index is -0.486. The summed E-state index contributed by atoms with van der Waals surface area (Å²) in [5.41, 5.74) is 11.9. The average Bonchev–Trinajstić information content (AvgIpc) is 3.41. The van der Waals surface area contributed by atoms with Crippen LogP contribution in [0.5, 0.6) is 0 Å². The van der Waals surface area contributed by atoms with E-state index in [1.165, 1.54) is 10.2 Å². The van der Waals surface area contributed by atoms with Gasteiger partial charge in [0.05, 0.1) is 5.71 Å². The molecule has 0 aliphatic heterocycles. The summed E-state index contributed by atoms with van der Waals surface area (Å²) in [7, 11) is 0. The van der Waals surface area contributed by atoms with E-state index in [9.17, 15) is 4.79 Å². The molecule has 0 fully saturated rings. The minimum Gasteiger partial charge on any atom is -0.378 e. The highest BCUT2D eigenvalue weighted by Crippen LogP contribution is 2.17. The van der Waals surface area contributed by atoms with Crippen LogP contribution in [0, 0.1) is 5.92 Å². The van der Waals surface area contributed by atoms with Crippen molar-refractivity contribution < 1.29 is 9.42 Å². The molecular formula is C22H31N9O2. The van der Waals surface area contributed by atoms with Gasteiger partial charge in [0.25, 0.3) is 5.91 Å². The van der Waals surface area contributed by atoms with E-state index in [0.29, 0.717) is 23.9 Å². The van der Waals surface area contributed by atoms with Gasteiger partial charge in [-0.2, -0.15) is 9.78 Å². The summed E-state index contributed by atoms with van der Waals surface area (Å²) in [6, 6.07) is 8.17. The maximum Gasteiger partial charge on any atom is 0.292 e. The first-order valence-electron chi connectivity index (χ1n) is 11.0. The molecule has 3 rings (SSSR count). The third-order valence-electron chi connectivity index (χ3n) is 5.26. The van der Waals surface area contributed by atoms with E-state index in [-0.39, 0.29) is 17.3 Å². The largest absolute Gasteiger partial charge is 0.378 e. The third-order valence-corrected chi connectivity index (χ3v) is 5.26. The zero-order valence-electron chi connectivity index (χ0n) is 19.7. The average molecular weight is 454 g/mol. The van der Waals surface area contributed by atoms with E-state index in [2.05, 4.69) is 66.7 Å². The molecule has 0 saturated carbocycles. The number of nitrogen functional groups attached to an aromatic ring is 1. The lowest BCUT2D eigenvalue weighted by molar-refractivity contribution is 0.0944. The van der Waals surface area contributed by atoms with Crippen molar-refractivity contribution in [1.29, 1.82) is 0 Å². The molecule has 33 heavy (non-hydrogen) atoms. The second kappa shape index (κ2) is 10.8. The highest BCUT2D eigenvalue weighted by atomic mass is 16.6. The van der Waals surface area contributed by atoms with Crippen molar-refractivity contribution in [2.75, 3.05) is 18.8 Å². The molecule has 2 heterocycles. The number of carbonyl (C=O) groups is 1. The smallest absolute Gasteiger partial charge is 0.292 e. The van der Waals surface area contributed by atoms with Crippen molar-refractivity contribution in [2.24, 2.45) is 11.0 Å². The molecule has 0 spiro atoms. The minimum absolute atomic E-state index is 0.00417. The molecule has 1 aromatic carbocycles. The van der Waals surface area contributed by atoms with E-state index in [0.717, 1.165) is 25.1 Å². The van der Waals surface area contributed by atoms with Gasteiger partial charge in [-0.05, 0) is 53.8 Å². The van der Waals surface area contributed by atoms with Crippen molar-refractivity contribution in [2.45, 2.75) is 47.6 Å². The number of anilines is 1. The lowest BCUT2D eigenvalue weighted by Gasteiger charge is -2.16. The van der Waals surface area contributed by atoms with Gasteiger partial charge in [-0.15, -0.1) is 5.10 Å². The fourth-order valence-electron chi connectivity index (χ4n) is 3.40. The first kappa shape index (κ1) is 24.1. The highest BCUT2D eigenvalue weighted by molar-refractivity contribution is 6.00. The maximum absolute atomic E-state index is 13.2. The number of amides is 1. The Morgan fingerprint density at radius 3 is 2.48 bits per heavy atom. The zero-order valence-corrected chi connectivity index (χ0v) is 19.7. The molecule has 0 bridgehead atoms. The molecule has 2 aromatic heterocycles. The van der Waals surface area contributed by atoms with Crippen LogP contribution in [0.15, 0.2) is 34.0 Å². The Kier molecular flexibility index (Phi) is 7.88. The number of nitrogens with one attached hydrogen (secondary N) is 1. The van der Waals surface area contributed by atoms with Crippen LogP contribution >= 0.6 is 0 Å². The number of hydrazone groups is 1.